The van der Waals surface area contributed by atoms with Gasteiger partial charge in [-0.3, -0.25) is 4.68 Å². The Balaban J connectivity index is 2.34. The molecule has 1 unspecified atom stereocenters. The fourth-order valence-corrected chi connectivity index (χ4v) is 1.27. The van der Waals surface area contributed by atoms with Crippen molar-refractivity contribution in [2.45, 2.75) is 6.10 Å². The number of nitrogens with zero attached hydrogens (tertiary/aromatic N) is 4. The van der Waals surface area contributed by atoms with Crippen molar-refractivity contribution in [2.75, 3.05) is 0 Å². The predicted molar refractivity (Wildman–Crippen MR) is 49.3 cm³/mol. The summed E-state index contributed by atoms with van der Waals surface area (Å²) in [6, 6.07) is 1.76. The van der Waals surface area contributed by atoms with Gasteiger partial charge in [0.1, 0.15) is 12.4 Å². The summed E-state index contributed by atoms with van der Waals surface area (Å²) in [6.45, 7) is 0. The molecule has 0 spiro atoms. The molecule has 0 aliphatic carbocycles. The molecule has 0 fully saturated rings. The lowest BCUT2D eigenvalue weighted by Gasteiger charge is -2.09. The van der Waals surface area contributed by atoms with Crippen LogP contribution < -0.4 is 0 Å². The standard InChI is InChI=1S/C9H10N4O/c1-13-8(2-3-12-13)9(14)7-4-10-6-11-5-7/h2-6,9,14H,1H3. The van der Waals surface area contributed by atoms with Gasteiger partial charge in [0, 0.05) is 31.2 Å². The molecule has 0 aliphatic rings. The van der Waals surface area contributed by atoms with E-state index in [1.165, 1.54) is 6.33 Å². The molecule has 0 saturated heterocycles. The van der Waals surface area contributed by atoms with Crippen molar-refractivity contribution in [2.24, 2.45) is 7.05 Å². The van der Waals surface area contributed by atoms with Crippen LogP contribution in [0.3, 0.4) is 0 Å². The maximum Gasteiger partial charge on any atom is 0.124 e. The van der Waals surface area contributed by atoms with Crippen LogP contribution in [0.2, 0.25) is 0 Å². The van der Waals surface area contributed by atoms with Crippen LogP contribution in [0.5, 0.6) is 0 Å². The highest BCUT2D eigenvalue weighted by atomic mass is 16.3. The van der Waals surface area contributed by atoms with Crippen molar-refractivity contribution < 1.29 is 5.11 Å². The zero-order valence-electron chi connectivity index (χ0n) is 7.70. The highest BCUT2D eigenvalue weighted by Gasteiger charge is 2.13. The van der Waals surface area contributed by atoms with E-state index in [1.807, 2.05) is 0 Å². The number of aromatic nitrogens is 4. The van der Waals surface area contributed by atoms with Gasteiger partial charge in [-0.25, -0.2) is 9.97 Å². The summed E-state index contributed by atoms with van der Waals surface area (Å²) in [5.41, 5.74) is 1.39. The van der Waals surface area contributed by atoms with E-state index in [9.17, 15) is 5.11 Å². The Labute approximate surface area is 81.1 Å². The molecule has 0 amide bonds. The molecule has 0 bridgehead atoms. The van der Waals surface area contributed by atoms with Gasteiger partial charge in [0.25, 0.3) is 0 Å². The summed E-state index contributed by atoms with van der Waals surface area (Å²) in [5.74, 6) is 0. The molecule has 14 heavy (non-hydrogen) atoms. The molecule has 72 valence electrons. The Morgan fingerprint density at radius 2 is 2.07 bits per heavy atom. The lowest BCUT2D eigenvalue weighted by molar-refractivity contribution is 0.209. The van der Waals surface area contributed by atoms with E-state index in [0.29, 0.717) is 5.56 Å². The molecule has 1 atom stereocenters. The minimum absolute atomic E-state index is 0.663. The fraction of sp³-hybridized carbons (Fsp3) is 0.222. The minimum Gasteiger partial charge on any atom is -0.382 e. The number of aliphatic hydroxyl groups is 1. The summed E-state index contributed by atoms with van der Waals surface area (Å²) >= 11 is 0. The van der Waals surface area contributed by atoms with Crippen molar-refractivity contribution in [3.8, 4) is 0 Å². The number of hydrogen-bond donors (Lipinski definition) is 1. The van der Waals surface area contributed by atoms with Crippen LogP contribution in [0.4, 0.5) is 0 Å². The van der Waals surface area contributed by atoms with Gasteiger partial charge in [-0.2, -0.15) is 5.10 Å². The van der Waals surface area contributed by atoms with Crippen molar-refractivity contribution in [1.82, 2.24) is 19.7 Å². The van der Waals surface area contributed by atoms with E-state index in [1.54, 1.807) is 36.4 Å². The molecule has 5 nitrogen and oxygen atoms in total. The lowest BCUT2D eigenvalue weighted by atomic mass is 10.1. The molecule has 2 heterocycles. The number of aryl methyl sites for hydroxylation is 1. The van der Waals surface area contributed by atoms with Gasteiger partial charge >= 0.3 is 0 Å². The summed E-state index contributed by atoms with van der Waals surface area (Å²) < 4.78 is 1.62. The molecule has 2 aromatic heterocycles. The van der Waals surface area contributed by atoms with E-state index < -0.39 is 6.10 Å². The van der Waals surface area contributed by atoms with Crippen LogP contribution in [-0.2, 0) is 7.05 Å². The maximum absolute atomic E-state index is 9.92. The van der Waals surface area contributed by atoms with Crippen LogP contribution in [0, 0.1) is 0 Å². The minimum atomic E-state index is -0.719. The summed E-state index contributed by atoms with van der Waals surface area (Å²) in [7, 11) is 1.78. The molecule has 0 radical (unpaired) electrons. The third kappa shape index (κ3) is 1.49. The first kappa shape index (κ1) is 8.83. The Morgan fingerprint density at radius 3 is 2.64 bits per heavy atom. The Kier molecular flexibility index (Phi) is 2.24. The zero-order chi connectivity index (χ0) is 9.97. The average Bonchev–Trinajstić information content (AvgIpc) is 2.65. The Morgan fingerprint density at radius 1 is 1.36 bits per heavy atom. The van der Waals surface area contributed by atoms with Crippen LogP contribution in [0.25, 0.3) is 0 Å². The lowest BCUT2D eigenvalue weighted by Crippen LogP contribution is -2.07. The number of hydrogen-bond acceptors (Lipinski definition) is 4. The highest BCUT2D eigenvalue weighted by Crippen LogP contribution is 2.18. The molecule has 1 N–H and O–H groups in total. The van der Waals surface area contributed by atoms with Gasteiger partial charge in [0.15, 0.2) is 0 Å². The average molecular weight is 190 g/mol. The van der Waals surface area contributed by atoms with Gasteiger partial charge < -0.3 is 5.11 Å². The van der Waals surface area contributed by atoms with Crippen LogP contribution in [-0.4, -0.2) is 24.9 Å². The first-order valence-corrected chi connectivity index (χ1v) is 4.20. The molecule has 0 aliphatic heterocycles. The summed E-state index contributed by atoms with van der Waals surface area (Å²) in [6.07, 6.45) is 5.53. The van der Waals surface area contributed by atoms with Gasteiger partial charge in [0.05, 0.1) is 5.69 Å². The SMILES string of the molecule is Cn1nccc1C(O)c1cncnc1. The first-order chi connectivity index (χ1) is 6.79. The van der Waals surface area contributed by atoms with Crippen molar-refractivity contribution in [3.63, 3.8) is 0 Å². The van der Waals surface area contributed by atoms with E-state index in [0.717, 1.165) is 5.69 Å². The Bertz CT molecular complexity index is 412. The molecule has 0 aromatic carbocycles. The van der Waals surface area contributed by atoms with E-state index in [2.05, 4.69) is 15.1 Å². The van der Waals surface area contributed by atoms with E-state index in [-0.39, 0.29) is 0 Å². The second-order valence-corrected chi connectivity index (χ2v) is 2.95. The van der Waals surface area contributed by atoms with Gasteiger partial charge in [-0.05, 0) is 6.07 Å². The zero-order valence-corrected chi connectivity index (χ0v) is 7.70. The van der Waals surface area contributed by atoms with Crippen LogP contribution >= 0.6 is 0 Å². The van der Waals surface area contributed by atoms with Gasteiger partial charge in [0.2, 0.25) is 0 Å². The Hall–Kier alpha value is -1.75. The molecule has 0 saturated carbocycles. The van der Waals surface area contributed by atoms with Crippen molar-refractivity contribution >= 4 is 0 Å². The number of aliphatic hydroxyl groups excluding tert-OH is 1. The van der Waals surface area contributed by atoms with E-state index in [4.69, 9.17) is 0 Å². The molecule has 5 heteroatoms. The largest absolute Gasteiger partial charge is 0.382 e. The number of rotatable bonds is 2. The van der Waals surface area contributed by atoms with Crippen LogP contribution in [0.1, 0.15) is 17.4 Å². The quantitative estimate of drug-likeness (QED) is 0.739. The topological polar surface area (TPSA) is 63.8 Å². The van der Waals surface area contributed by atoms with E-state index >= 15 is 0 Å². The summed E-state index contributed by atoms with van der Waals surface area (Å²) in [5, 5.41) is 13.9. The first-order valence-electron chi connectivity index (χ1n) is 4.20. The third-order valence-electron chi connectivity index (χ3n) is 2.04. The molecule has 2 aromatic rings. The highest BCUT2D eigenvalue weighted by molar-refractivity contribution is 5.19. The van der Waals surface area contributed by atoms with Gasteiger partial charge in [-0.15, -0.1) is 0 Å². The second kappa shape index (κ2) is 3.55. The smallest absolute Gasteiger partial charge is 0.124 e. The molecular formula is C9H10N4O. The normalized spacial score (nSPS) is 12.7. The second-order valence-electron chi connectivity index (χ2n) is 2.95. The predicted octanol–water partition coefficient (Wildman–Crippen LogP) is 0.292. The monoisotopic (exact) mass is 190 g/mol. The van der Waals surface area contributed by atoms with Crippen molar-refractivity contribution in [3.05, 3.63) is 42.2 Å². The fourth-order valence-electron chi connectivity index (χ4n) is 1.27. The van der Waals surface area contributed by atoms with Crippen LogP contribution in [0.15, 0.2) is 31.0 Å². The summed E-state index contributed by atoms with van der Waals surface area (Å²) in [4.78, 5) is 7.69. The molecular weight excluding hydrogens is 180 g/mol. The van der Waals surface area contributed by atoms with Crippen molar-refractivity contribution in [1.29, 1.82) is 0 Å². The van der Waals surface area contributed by atoms with Gasteiger partial charge in [-0.1, -0.05) is 0 Å². The maximum atomic E-state index is 9.92. The molecule has 2 rings (SSSR count). The third-order valence-corrected chi connectivity index (χ3v) is 2.04.